The van der Waals surface area contributed by atoms with Crippen LogP contribution in [-0.2, 0) is 4.74 Å². The van der Waals surface area contributed by atoms with Crippen LogP contribution in [0.25, 0.3) is 0 Å². The van der Waals surface area contributed by atoms with Crippen LogP contribution < -0.4 is 5.32 Å². The molecule has 0 bridgehead atoms. The number of hydrogen-bond acceptors (Lipinski definition) is 3. The molecule has 1 aromatic rings. The lowest BCUT2D eigenvalue weighted by Gasteiger charge is -2.21. The average Bonchev–Trinajstić information content (AvgIpc) is 2.64. The Morgan fingerprint density at radius 3 is 2.94 bits per heavy atom. The summed E-state index contributed by atoms with van der Waals surface area (Å²) in [6.45, 7) is 3.03. The van der Waals surface area contributed by atoms with E-state index in [1.807, 2.05) is 24.3 Å². The lowest BCUT2D eigenvalue weighted by atomic mass is 10.1. The molecular weight excluding hydrogens is 226 g/mol. The highest BCUT2D eigenvalue weighted by molar-refractivity contribution is 6.30. The molecular formula is C12H16ClNO2. The van der Waals surface area contributed by atoms with Gasteiger partial charge in [0.25, 0.3) is 0 Å². The van der Waals surface area contributed by atoms with Crippen LogP contribution in [0.5, 0.6) is 0 Å². The first-order chi connectivity index (χ1) is 7.66. The van der Waals surface area contributed by atoms with E-state index in [-0.39, 0.29) is 12.1 Å². The van der Waals surface area contributed by atoms with E-state index in [2.05, 4.69) is 12.2 Å². The molecule has 88 valence electrons. The first kappa shape index (κ1) is 11.9. The van der Waals surface area contributed by atoms with E-state index in [0.29, 0.717) is 13.2 Å². The van der Waals surface area contributed by atoms with Gasteiger partial charge in [0, 0.05) is 11.1 Å². The molecule has 0 aliphatic carbocycles. The first-order valence-electron chi connectivity index (χ1n) is 5.44. The second-order valence-corrected chi connectivity index (χ2v) is 4.59. The van der Waals surface area contributed by atoms with Crippen molar-refractivity contribution in [3.63, 3.8) is 0 Å². The SMILES string of the molecule is CC(NC1COCC1O)c1cccc(Cl)c1. The van der Waals surface area contributed by atoms with Crippen molar-refractivity contribution >= 4 is 11.6 Å². The predicted octanol–water partition coefficient (Wildman–Crippen LogP) is 1.75. The number of aliphatic hydroxyl groups is 1. The molecule has 4 heteroatoms. The summed E-state index contributed by atoms with van der Waals surface area (Å²) in [5.41, 5.74) is 1.12. The highest BCUT2D eigenvalue weighted by atomic mass is 35.5. The Bertz CT molecular complexity index is 359. The summed E-state index contributed by atoms with van der Waals surface area (Å²) < 4.78 is 5.19. The molecule has 16 heavy (non-hydrogen) atoms. The molecule has 1 aliphatic rings. The Balaban J connectivity index is 1.99. The Labute approximate surface area is 100 Å². The number of hydrogen-bond donors (Lipinski definition) is 2. The Morgan fingerprint density at radius 1 is 1.50 bits per heavy atom. The fourth-order valence-electron chi connectivity index (χ4n) is 1.90. The predicted molar refractivity (Wildman–Crippen MR) is 63.6 cm³/mol. The minimum atomic E-state index is -0.415. The van der Waals surface area contributed by atoms with Crippen LogP contribution in [-0.4, -0.2) is 30.5 Å². The zero-order chi connectivity index (χ0) is 11.5. The van der Waals surface area contributed by atoms with Crippen molar-refractivity contribution in [1.29, 1.82) is 0 Å². The van der Waals surface area contributed by atoms with E-state index < -0.39 is 6.10 Å². The van der Waals surface area contributed by atoms with Crippen molar-refractivity contribution < 1.29 is 9.84 Å². The molecule has 2 rings (SSSR count). The zero-order valence-electron chi connectivity index (χ0n) is 9.19. The van der Waals surface area contributed by atoms with Crippen LogP contribution in [0.15, 0.2) is 24.3 Å². The molecule has 1 fully saturated rings. The molecule has 1 saturated heterocycles. The van der Waals surface area contributed by atoms with Crippen LogP contribution >= 0.6 is 11.6 Å². The van der Waals surface area contributed by atoms with Gasteiger partial charge in [-0.25, -0.2) is 0 Å². The maximum Gasteiger partial charge on any atom is 0.0948 e. The lowest BCUT2D eigenvalue weighted by molar-refractivity contribution is 0.121. The van der Waals surface area contributed by atoms with E-state index in [9.17, 15) is 5.11 Å². The number of rotatable bonds is 3. The summed E-state index contributed by atoms with van der Waals surface area (Å²) in [5.74, 6) is 0. The Kier molecular flexibility index (Phi) is 3.82. The van der Waals surface area contributed by atoms with E-state index in [1.54, 1.807) is 0 Å². The third kappa shape index (κ3) is 2.74. The summed E-state index contributed by atoms with van der Waals surface area (Å²) >= 11 is 5.93. The molecule has 0 amide bonds. The Morgan fingerprint density at radius 2 is 2.31 bits per heavy atom. The summed E-state index contributed by atoms with van der Waals surface area (Å²) in [5, 5.41) is 13.7. The number of benzene rings is 1. The molecule has 1 aliphatic heterocycles. The van der Waals surface area contributed by atoms with Crippen LogP contribution in [0.1, 0.15) is 18.5 Å². The number of ether oxygens (including phenoxy) is 1. The van der Waals surface area contributed by atoms with Crippen LogP contribution in [0.4, 0.5) is 0 Å². The zero-order valence-corrected chi connectivity index (χ0v) is 9.95. The quantitative estimate of drug-likeness (QED) is 0.847. The van der Waals surface area contributed by atoms with Gasteiger partial charge in [0.2, 0.25) is 0 Å². The van der Waals surface area contributed by atoms with E-state index in [0.717, 1.165) is 10.6 Å². The number of aliphatic hydroxyl groups excluding tert-OH is 1. The maximum absolute atomic E-state index is 9.63. The van der Waals surface area contributed by atoms with Crippen molar-refractivity contribution in [2.75, 3.05) is 13.2 Å². The minimum absolute atomic E-state index is 0.00832. The molecule has 0 saturated carbocycles. The second kappa shape index (κ2) is 5.15. The molecule has 3 unspecified atom stereocenters. The minimum Gasteiger partial charge on any atom is -0.389 e. The molecule has 0 radical (unpaired) electrons. The van der Waals surface area contributed by atoms with Crippen molar-refractivity contribution in [2.24, 2.45) is 0 Å². The van der Waals surface area contributed by atoms with Gasteiger partial charge >= 0.3 is 0 Å². The number of nitrogens with one attached hydrogen (secondary N) is 1. The molecule has 3 nitrogen and oxygen atoms in total. The smallest absolute Gasteiger partial charge is 0.0948 e. The van der Waals surface area contributed by atoms with Crippen molar-refractivity contribution in [3.05, 3.63) is 34.9 Å². The van der Waals surface area contributed by atoms with Gasteiger partial charge < -0.3 is 15.2 Å². The molecule has 3 atom stereocenters. The highest BCUT2D eigenvalue weighted by Gasteiger charge is 2.27. The molecule has 0 spiro atoms. The van der Waals surface area contributed by atoms with Crippen LogP contribution in [0.2, 0.25) is 5.02 Å². The van der Waals surface area contributed by atoms with Crippen molar-refractivity contribution in [3.8, 4) is 0 Å². The van der Waals surface area contributed by atoms with E-state index in [4.69, 9.17) is 16.3 Å². The fraction of sp³-hybridized carbons (Fsp3) is 0.500. The molecule has 2 N–H and O–H groups in total. The van der Waals surface area contributed by atoms with Gasteiger partial charge in [-0.2, -0.15) is 0 Å². The van der Waals surface area contributed by atoms with Gasteiger partial charge in [0.05, 0.1) is 25.4 Å². The van der Waals surface area contributed by atoms with Gasteiger partial charge in [-0.05, 0) is 24.6 Å². The van der Waals surface area contributed by atoms with Gasteiger partial charge in [-0.3, -0.25) is 0 Å². The summed E-state index contributed by atoms with van der Waals surface area (Å²) in [7, 11) is 0. The second-order valence-electron chi connectivity index (χ2n) is 4.15. The normalized spacial score (nSPS) is 26.9. The standard InChI is InChI=1S/C12H16ClNO2/c1-8(9-3-2-4-10(13)5-9)14-11-6-16-7-12(11)15/h2-5,8,11-12,14-15H,6-7H2,1H3. The van der Waals surface area contributed by atoms with Crippen LogP contribution in [0.3, 0.4) is 0 Å². The van der Waals surface area contributed by atoms with Crippen LogP contribution in [0, 0.1) is 0 Å². The summed E-state index contributed by atoms with van der Waals surface area (Å²) in [4.78, 5) is 0. The Hall–Kier alpha value is -0.610. The lowest BCUT2D eigenvalue weighted by Crippen LogP contribution is -2.40. The average molecular weight is 242 g/mol. The van der Waals surface area contributed by atoms with E-state index in [1.165, 1.54) is 0 Å². The van der Waals surface area contributed by atoms with E-state index >= 15 is 0 Å². The topological polar surface area (TPSA) is 41.5 Å². The van der Waals surface area contributed by atoms with Crippen molar-refractivity contribution in [2.45, 2.75) is 25.1 Å². The monoisotopic (exact) mass is 241 g/mol. The highest BCUT2D eigenvalue weighted by Crippen LogP contribution is 2.19. The summed E-state index contributed by atoms with van der Waals surface area (Å²) in [6.07, 6.45) is -0.415. The number of halogens is 1. The summed E-state index contributed by atoms with van der Waals surface area (Å²) in [6, 6.07) is 7.89. The third-order valence-corrected chi connectivity index (χ3v) is 3.10. The van der Waals surface area contributed by atoms with Gasteiger partial charge in [-0.15, -0.1) is 0 Å². The molecule has 1 heterocycles. The van der Waals surface area contributed by atoms with Gasteiger partial charge in [-0.1, -0.05) is 23.7 Å². The largest absolute Gasteiger partial charge is 0.389 e. The molecule has 1 aromatic carbocycles. The molecule has 0 aromatic heterocycles. The van der Waals surface area contributed by atoms with Gasteiger partial charge in [0.15, 0.2) is 0 Å². The van der Waals surface area contributed by atoms with Crippen molar-refractivity contribution in [1.82, 2.24) is 5.32 Å². The third-order valence-electron chi connectivity index (χ3n) is 2.86. The first-order valence-corrected chi connectivity index (χ1v) is 5.82. The fourth-order valence-corrected chi connectivity index (χ4v) is 2.09. The van der Waals surface area contributed by atoms with Gasteiger partial charge in [0.1, 0.15) is 0 Å². The maximum atomic E-state index is 9.63.